The molecule has 2 atom stereocenters. The van der Waals surface area contributed by atoms with E-state index in [1.807, 2.05) is 0 Å². The molecule has 2 unspecified atom stereocenters. The molecule has 7 aromatic rings. The van der Waals surface area contributed by atoms with Crippen LogP contribution in [0.3, 0.4) is 0 Å². The van der Waals surface area contributed by atoms with Crippen molar-refractivity contribution in [2.24, 2.45) is 35.5 Å². The highest BCUT2D eigenvalue weighted by molar-refractivity contribution is 7.02. The summed E-state index contributed by atoms with van der Waals surface area (Å²) in [4.78, 5) is 5.11. The summed E-state index contributed by atoms with van der Waals surface area (Å²) in [5.41, 5.74) is 18.7. The highest BCUT2D eigenvalue weighted by atomic mass is 16.5. The number of benzene rings is 7. The van der Waals surface area contributed by atoms with Gasteiger partial charge in [-0.1, -0.05) is 78.9 Å². The molecule has 0 N–H and O–H groups in total. The molecule has 67 heavy (non-hydrogen) atoms. The molecule has 7 aromatic carbocycles. The molecular weight excluding hydrogens is 814 g/mol. The summed E-state index contributed by atoms with van der Waals surface area (Å²) in [5, 5.41) is 0. The Bertz CT molecular complexity index is 3240. The van der Waals surface area contributed by atoms with Gasteiger partial charge in [-0.2, -0.15) is 0 Å². The third kappa shape index (κ3) is 4.92. The fourth-order valence-electron chi connectivity index (χ4n) is 17.8. The summed E-state index contributed by atoms with van der Waals surface area (Å²) in [6, 6.07) is 55.7. The first-order valence-electron chi connectivity index (χ1n) is 25.8. The second-order valence-electron chi connectivity index (χ2n) is 23.2. The lowest BCUT2D eigenvalue weighted by Gasteiger charge is -2.57. The highest BCUT2D eigenvalue weighted by Crippen LogP contribution is 2.66. The normalized spacial score (nSPS) is 29.7. The zero-order chi connectivity index (χ0) is 43.3. The molecule has 8 fully saturated rings. The van der Waals surface area contributed by atoms with Gasteiger partial charge in [0.05, 0.1) is 0 Å². The Kier molecular flexibility index (Phi) is 7.10. The van der Waals surface area contributed by atoms with E-state index in [2.05, 4.69) is 155 Å². The van der Waals surface area contributed by atoms with Gasteiger partial charge in [-0.25, -0.2) is 0 Å². The monoisotopic (exact) mass is 866 g/mol. The first-order chi connectivity index (χ1) is 33.0. The second-order valence-corrected chi connectivity index (χ2v) is 23.2. The van der Waals surface area contributed by atoms with E-state index in [0.29, 0.717) is 0 Å². The predicted molar refractivity (Wildman–Crippen MR) is 273 cm³/mol. The Labute approximate surface area is 394 Å². The predicted octanol–water partition coefficient (Wildman–Crippen LogP) is 11.0. The zero-order valence-electron chi connectivity index (χ0n) is 38.0. The number of para-hydroxylation sites is 4. The number of rotatable bonds is 4. The van der Waals surface area contributed by atoms with E-state index in [1.165, 1.54) is 149 Å². The molecule has 8 aliphatic carbocycles. The summed E-state index contributed by atoms with van der Waals surface area (Å²) >= 11 is 0. The summed E-state index contributed by atoms with van der Waals surface area (Å²) in [5.74, 6) is 9.13. The molecule has 324 valence electrons. The molecule has 19 rings (SSSR count). The molecule has 8 saturated carbocycles. The number of nitrogens with zero attached hydrogens (tertiary/aromatic N) is 2. The van der Waals surface area contributed by atoms with Crippen LogP contribution in [-0.2, 0) is 10.8 Å². The Morgan fingerprint density at radius 1 is 0.373 bits per heavy atom. The van der Waals surface area contributed by atoms with Crippen molar-refractivity contribution >= 4 is 80.3 Å². The van der Waals surface area contributed by atoms with Crippen LogP contribution in [0.2, 0.25) is 0 Å². The molecule has 0 saturated heterocycles. The van der Waals surface area contributed by atoms with Crippen molar-refractivity contribution in [2.45, 2.75) is 81.5 Å². The van der Waals surface area contributed by atoms with Gasteiger partial charge in [0.2, 0.25) is 0 Å². The van der Waals surface area contributed by atoms with Crippen molar-refractivity contribution in [2.75, 3.05) is 9.80 Å². The van der Waals surface area contributed by atoms with Gasteiger partial charge in [0.25, 0.3) is 13.4 Å². The molecule has 4 aliphatic heterocycles. The minimum Gasteiger partial charge on any atom is -0.458 e. The molecule has 8 bridgehead atoms. The number of anilines is 6. The van der Waals surface area contributed by atoms with Gasteiger partial charge in [-0.05, 0) is 222 Å². The maximum absolute atomic E-state index is 7.49. The van der Waals surface area contributed by atoms with E-state index in [1.54, 1.807) is 0 Å². The van der Waals surface area contributed by atoms with Gasteiger partial charge in [-0.15, -0.1) is 0 Å². The molecule has 0 amide bonds. The Balaban J connectivity index is 0.885. The van der Waals surface area contributed by atoms with Gasteiger partial charge in [0.1, 0.15) is 23.0 Å². The van der Waals surface area contributed by atoms with Crippen molar-refractivity contribution < 1.29 is 9.47 Å². The van der Waals surface area contributed by atoms with Crippen molar-refractivity contribution in [3.63, 3.8) is 0 Å². The Hall–Kier alpha value is -6.13. The Morgan fingerprint density at radius 3 is 1.25 bits per heavy atom. The maximum atomic E-state index is 7.49. The lowest BCUT2D eigenvalue weighted by Crippen LogP contribution is -2.63. The summed E-state index contributed by atoms with van der Waals surface area (Å²) in [6.45, 7) is 0.0208. The van der Waals surface area contributed by atoms with Crippen LogP contribution in [0.4, 0.5) is 34.1 Å². The van der Waals surface area contributed by atoms with Crippen LogP contribution in [0.15, 0.2) is 146 Å². The highest BCUT2D eigenvalue weighted by Gasteiger charge is 2.58. The average molecular weight is 867 g/mol. The summed E-state index contributed by atoms with van der Waals surface area (Å²) in [6.07, 6.45) is 15.1. The second kappa shape index (κ2) is 12.9. The van der Waals surface area contributed by atoms with E-state index in [-0.39, 0.29) is 24.3 Å². The van der Waals surface area contributed by atoms with Crippen LogP contribution in [0, 0.1) is 35.5 Å². The zero-order valence-corrected chi connectivity index (χ0v) is 38.0. The van der Waals surface area contributed by atoms with Gasteiger partial charge >= 0.3 is 0 Å². The number of fused-ring (bicyclic) bond motifs is 8. The van der Waals surface area contributed by atoms with Crippen LogP contribution in [0.5, 0.6) is 23.0 Å². The SMILES string of the molecule is c1ccc(N2c3ccccc3B3c4cc5c(cc4Oc4cc(C67CC8CC(CC(C8)C6)C7)cc2c43)Oc2cc(C34CC6CC(C3)C(C6)C4)cc3c2B5c2ccccc2N3c2ccccc2)cc1. The van der Waals surface area contributed by atoms with Crippen LogP contribution in [0.1, 0.15) is 81.8 Å². The first kappa shape index (κ1) is 36.9. The molecule has 0 radical (unpaired) electrons. The topological polar surface area (TPSA) is 24.9 Å². The molecule has 12 aliphatic rings. The van der Waals surface area contributed by atoms with Crippen LogP contribution >= 0.6 is 0 Å². The van der Waals surface area contributed by atoms with Crippen LogP contribution in [-0.4, -0.2) is 13.4 Å². The van der Waals surface area contributed by atoms with E-state index in [0.717, 1.165) is 58.5 Å². The number of ether oxygens (including phenoxy) is 2. The molecule has 0 spiro atoms. The van der Waals surface area contributed by atoms with Crippen molar-refractivity contribution in [3.05, 3.63) is 157 Å². The maximum Gasteiger partial charge on any atom is 0.256 e. The molecule has 4 heterocycles. The van der Waals surface area contributed by atoms with Crippen molar-refractivity contribution in [1.82, 2.24) is 0 Å². The third-order valence-electron chi connectivity index (χ3n) is 19.7. The van der Waals surface area contributed by atoms with Crippen LogP contribution in [0.25, 0.3) is 0 Å². The van der Waals surface area contributed by atoms with E-state index >= 15 is 0 Å². The average Bonchev–Trinajstić information content (AvgIpc) is 3.78. The quantitative estimate of drug-likeness (QED) is 0.165. The minimum atomic E-state index is 0.00988. The van der Waals surface area contributed by atoms with Gasteiger partial charge in [0, 0.05) is 40.2 Å². The third-order valence-corrected chi connectivity index (χ3v) is 19.7. The van der Waals surface area contributed by atoms with Crippen molar-refractivity contribution in [1.29, 1.82) is 0 Å². The lowest BCUT2D eigenvalue weighted by atomic mass is 9.31. The lowest BCUT2D eigenvalue weighted by molar-refractivity contribution is -0.00522. The smallest absolute Gasteiger partial charge is 0.256 e. The minimum absolute atomic E-state index is 0.00988. The molecular formula is C61H52B2N2O2. The van der Waals surface area contributed by atoms with E-state index < -0.39 is 0 Å². The van der Waals surface area contributed by atoms with Gasteiger partial charge in [-0.3, -0.25) is 0 Å². The van der Waals surface area contributed by atoms with Gasteiger partial charge < -0.3 is 19.3 Å². The summed E-state index contributed by atoms with van der Waals surface area (Å²) in [7, 11) is 0. The largest absolute Gasteiger partial charge is 0.458 e. The summed E-state index contributed by atoms with van der Waals surface area (Å²) < 4.78 is 15.0. The van der Waals surface area contributed by atoms with Crippen molar-refractivity contribution in [3.8, 4) is 23.0 Å². The van der Waals surface area contributed by atoms with E-state index in [9.17, 15) is 0 Å². The Morgan fingerprint density at radius 2 is 0.791 bits per heavy atom. The molecule has 6 heteroatoms. The fourth-order valence-corrected chi connectivity index (χ4v) is 17.8. The fraction of sp³-hybridized carbons (Fsp3) is 0.311. The van der Waals surface area contributed by atoms with Gasteiger partial charge in [0.15, 0.2) is 0 Å². The standard InChI is InChI=1S/C61H52B2N2O2/c1-3-11-44(12-4-1)64-50-17-9-7-15-46(50)62-48-28-49-55(29-54(48)66-56-26-42(24-52(64)58(56)62)60-30-36-19-37(31-60)21-38(20-36)32-60)67-57-27-43(61-33-39-22-40(34-61)41(23-39)35-61)25-53-59(57)63(49)47-16-8-10-18-51(47)65(53)45-13-5-2-6-14-45/h1-18,24-29,36-41H,19-23,30-35H2. The van der Waals surface area contributed by atoms with E-state index in [4.69, 9.17) is 9.47 Å². The molecule has 0 aromatic heterocycles. The van der Waals surface area contributed by atoms with Crippen LogP contribution < -0.4 is 52.1 Å². The first-order valence-corrected chi connectivity index (χ1v) is 25.8. The number of hydrogen-bond donors (Lipinski definition) is 0. The number of hydrogen-bond acceptors (Lipinski definition) is 4. The molecule has 4 nitrogen and oxygen atoms in total.